The predicted molar refractivity (Wildman–Crippen MR) is 109 cm³/mol. The Morgan fingerprint density at radius 1 is 1.08 bits per heavy atom. The number of ether oxygens (including phenoxy) is 1. The Balaban J connectivity index is 2.20. The number of hydrogen-bond acceptors (Lipinski definition) is 6. The van der Waals surface area contributed by atoms with Crippen LogP contribution in [0.25, 0.3) is 0 Å². The van der Waals surface area contributed by atoms with Crippen LogP contribution in [0.5, 0.6) is 0 Å². The van der Waals surface area contributed by atoms with E-state index >= 15 is 0 Å². The highest BCUT2D eigenvalue weighted by Gasteiger charge is 2.30. The lowest BCUT2D eigenvalue weighted by Gasteiger charge is -2.30. The number of hydrogen-bond donors (Lipinski definition) is 1. The molecule has 0 aromatic heterocycles. The van der Waals surface area contributed by atoms with Gasteiger partial charge in [-0.3, -0.25) is 10.1 Å². The summed E-state index contributed by atoms with van der Waals surface area (Å²) >= 11 is 8.86. The summed E-state index contributed by atoms with van der Waals surface area (Å²) in [7, 11) is -0.385. The van der Waals surface area contributed by atoms with Crippen LogP contribution >= 0.6 is 30.9 Å². The molecule has 2 aromatic rings. The van der Waals surface area contributed by atoms with Gasteiger partial charge in [0.25, 0.3) is 0 Å². The summed E-state index contributed by atoms with van der Waals surface area (Å²) in [6.45, 7) is 2.34. The largest absolute Gasteiger partial charge is 0.465 e. The molecule has 0 spiro atoms. The van der Waals surface area contributed by atoms with E-state index in [1.165, 1.54) is 0 Å². The molecule has 0 radical (unpaired) electrons. The van der Waals surface area contributed by atoms with E-state index in [2.05, 4.69) is 29.6 Å². The molecule has 0 bridgehead atoms. The van der Waals surface area contributed by atoms with Crippen molar-refractivity contribution in [1.82, 2.24) is 5.32 Å². The third-order valence-corrected chi connectivity index (χ3v) is 9.26. The molecule has 0 aliphatic rings. The molecule has 0 saturated heterocycles. The van der Waals surface area contributed by atoms with Crippen LogP contribution in [-0.4, -0.2) is 23.1 Å². The number of thioether (sulfide) groups is 2. The lowest BCUT2D eigenvalue weighted by molar-refractivity contribution is -0.141. The average Bonchev–Trinajstić information content (AvgIpc) is 2.62. The highest BCUT2D eigenvalue weighted by atomic mass is 32.4. The van der Waals surface area contributed by atoms with Gasteiger partial charge in [-0.1, -0.05) is 59.9 Å². The molecule has 7 heteroatoms. The molecule has 1 unspecified atom stereocenters. The van der Waals surface area contributed by atoms with E-state index in [0.717, 1.165) is 9.79 Å². The fraction of sp³-hybridized carbons (Fsp3) is 0.235. The summed E-state index contributed by atoms with van der Waals surface area (Å²) in [4.78, 5) is 14.0. The maximum Gasteiger partial charge on any atom is 0.319 e. The summed E-state index contributed by atoms with van der Waals surface area (Å²) in [5.74, 6) is -0.257. The van der Waals surface area contributed by atoms with Crippen molar-refractivity contribution in [2.45, 2.75) is 20.7 Å². The third kappa shape index (κ3) is 6.26. The van der Waals surface area contributed by atoms with Crippen molar-refractivity contribution in [3.8, 4) is 0 Å². The molecule has 0 fully saturated rings. The number of esters is 1. The molecule has 0 heterocycles. The Hall–Kier alpha value is -0.780. The molecule has 0 amide bonds. The Morgan fingerprint density at radius 3 is 2.00 bits per heavy atom. The maximum absolute atomic E-state index is 11.8. The van der Waals surface area contributed by atoms with Crippen molar-refractivity contribution < 1.29 is 9.53 Å². The number of nitrogens with one attached hydrogen (secondary N) is 1. The van der Waals surface area contributed by atoms with Gasteiger partial charge in [-0.25, -0.2) is 0 Å². The van der Waals surface area contributed by atoms with Crippen LogP contribution < -0.4 is 5.32 Å². The molecule has 3 nitrogen and oxygen atoms in total. The normalized spacial score (nSPS) is 11.7. The second-order valence-corrected chi connectivity index (χ2v) is 10.3. The molecule has 0 saturated carbocycles. The van der Waals surface area contributed by atoms with E-state index in [-0.39, 0.29) is 19.9 Å². The Bertz CT molecular complexity index is 614. The van der Waals surface area contributed by atoms with Crippen molar-refractivity contribution in [3.63, 3.8) is 0 Å². The first kappa shape index (κ1) is 19.5. The molecular weight excluding hydrogens is 377 g/mol. The monoisotopic (exact) mass is 397 g/mol. The average molecular weight is 398 g/mol. The van der Waals surface area contributed by atoms with Crippen LogP contribution in [0, 0.1) is 0 Å². The molecule has 1 atom stereocenters. The number of carbonyl (C=O) groups excluding carboxylic acids is 1. The van der Waals surface area contributed by atoms with Crippen molar-refractivity contribution in [2.75, 3.05) is 13.2 Å². The fourth-order valence-electron chi connectivity index (χ4n) is 1.92. The zero-order chi connectivity index (χ0) is 17.3. The van der Waals surface area contributed by atoms with Gasteiger partial charge in [0.2, 0.25) is 0 Å². The van der Waals surface area contributed by atoms with Crippen LogP contribution in [0.1, 0.15) is 6.92 Å². The molecule has 24 heavy (non-hydrogen) atoms. The smallest absolute Gasteiger partial charge is 0.319 e. The summed E-state index contributed by atoms with van der Waals surface area (Å²) < 4.78 is 4.60. The Kier molecular flexibility index (Phi) is 8.36. The van der Waals surface area contributed by atoms with Gasteiger partial charge in [0.05, 0.1) is 13.2 Å². The summed E-state index contributed by atoms with van der Waals surface area (Å²) in [6, 6.07) is 20.2. The van der Waals surface area contributed by atoms with E-state index in [9.17, 15) is 4.79 Å². The summed E-state index contributed by atoms with van der Waals surface area (Å²) in [5, 5.41) is 3.35. The quantitative estimate of drug-likeness (QED) is 0.296. The first-order valence-electron chi connectivity index (χ1n) is 7.52. The molecule has 2 rings (SSSR count). The first-order valence-corrected chi connectivity index (χ1v) is 11.6. The van der Waals surface area contributed by atoms with Crippen LogP contribution in [0.2, 0.25) is 0 Å². The molecule has 2 aromatic carbocycles. The number of benzene rings is 2. The Labute approximate surface area is 157 Å². The lowest BCUT2D eigenvalue weighted by atomic mass is 10.4. The number of rotatable bonds is 9. The van der Waals surface area contributed by atoms with Gasteiger partial charge in [0.15, 0.2) is 0 Å². The minimum absolute atomic E-state index is 0.150. The van der Waals surface area contributed by atoms with Crippen LogP contribution in [0.15, 0.2) is 70.5 Å². The number of carbonyl (C=O) groups is 1. The SMILES string of the molecule is CCOC(=O)CNC([PH2]=S)(Sc1ccccc1)Sc1ccccc1. The van der Waals surface area contributed by atoms with Crippen LogP contribution in [-0.2, 0) is 21.3 Å². The molecule has 128 valence electrons. The van der Waals surface area contributed by atoms with Gasteiger partial charge in [-0.15, -0.1) is 11.8 Å². The van der Waals surface area contributed by atoms with E-state index in [1.54, 1.807) is 30.4 Å². The van der Waals surface area contributed by atoms with Crippen molar-refractivity contribution in [2.24, 2.45) is 0 Å². The van der Waals surface area contributed by atoms with Gasteiger partial charge in [0, 0.05) is 9.79 Å². The molecule has 0 aliphatic carbocycles. The zero-order valence-corrected chi connectivity index (χ0v) is 16.9. The molecule has 0 aliphatic heterocycles. The topological polar surface area (TPSA) is 38.3 Å². The highest BCUT2D eigenvalue weighted by molar-refractivity contribution is 8.27. The van der Waals surface area contributed by atoms with Gasteiger partial charge in [0.1, 0.15) is 3.94 Å². The standard InChI is InChI=1S/C17H20NO2PS3/c1-2-20-16(19)13-18-17(21-22,23-14-9-5-3-6-10-14)24-15-11-7-4-8-12-15/h3-12,18H,2,13,21H2,1H3. The van der Waals surface area contributed by atoms with E-state index < -0.39 is 3.94 Å². The second kappa shape index (κ2) is 10.3. The fourth-order valence-corrected chi connectivity index (χ4v) is 6.74. The Morgan fingerprint density at radius 2 is 1.58 bits per heavy atom. The predicted octanol–water partition coefficient (Wildman–Crippen LogP) is 4.21. The van der Waals surface area contributed by atoms with Gasteiger partial charge < -0.3 is 4.74 Å². The van der Waals surface area contributed by atoms with E-state index in [4.69, 9.17) is 16.5 Å². The van der Waals surface area contributed by atoms with Crippen LogP contribution in [0.4, 0.5) is 0 Å². The molecular formula is C17H20NO2PS3. The minimum atomic E-state index is -0.440. The minimum Gasteiger partial charge on any atom is -0.465 e. The second-order valence-electron chi connectivity index (χ2n) is 4.77. The maximum atomic E-state index is 11.8. The van der Waals surface area contributed by atoms with Crippen molar-refractivity contribution >= 4 is 48.7 Å². The van der Waals surface area contributed by atoms with Gasteiger partial charge >= 0.3 is 5.97 Å². The van der Waals surface area contributed by atoms with Crippen molar-refractivity contribution in [1.29, 1.82) is 0 Å². The highest BCUT2D eigenvalue weighted by Crippen LogP contribution is 2.50. The van der Waals surface area contributed by atoms with E-state index in [0.29, 0.717) is 6.61 Å². The van der Waals surface area contributed by atoms with Gasteiger partial charge in [-0.05, 0) is 38.5 Å². The van der Waals surface area contributed by atoms with Gasteiger partial charge in [-0.2, -0.15) is 0 Å². The first-order chi connectivity index (χ1) is 11.7. The van der Waals surface area contributed by atoms with Crippen LogP contribution in [0.3, 0.4) is 0 Å². The summed E-state index contributed by atoms with van der Waals surface area (Å²) in [6.07, 6.45) is 0. The van der Waals surface area contributed by atoms with E-state index in [1.807, 2.05) is 36.4 Å². The lowest BCUT2D eigenvalue weighted by Crippen LogP contribution is -2.38. The van der Waals surface area contributed by atoms with Crippen molar-refractivity contribution in [3.05, 3.63) is 60.7 Å². The molecule has 1 N–H and O–H groups in total. The summed E-state index contributed by atoms with van der Waals surface area (Å²) in [5.41, 5.74) is 0. The third-order valence-electron chi connectivity index (χ3n) is 2.96. The zero-order valence-electron chi connectivity index (χ0n) is 13.3.